The molecule has 2 saturated heterocycles. The van der Waals surface area contributed by atoms with Gasteiger partial charge in [0, 0.05) is 97.6 Å². The number of carbonyl (C=O) groups is 1. The number of pyridine rings is 4. The van der Waals surface area contributed by atoms with Crippen molar-refractivity contribution in [3.8, 4) is 67.8 Å². The number of aryl methyl sites for hydroxylation is 2. The van der Waals surface area contributed by atoms with E-state index in [-0.39, 0.29) is 14.9 Å². The third-order valence-electron chi connectivity index (χ3n) is 16.9. The van der Waals surface area contributed by atoms with Gasteiger partial charge in [0.15, 0.2) is 34.5 Å². The van der Waals surface area contributed by atoms with Crippen LogP contribution in [0.4, 0.5) is 4.79 Å². The lowest BCUT2D eigenvalue weighted by atomic mass is 9.67. The Morgan fingerprint density at radius 1 is 0.551 bits per heavy atom. The number of imidazole rings is 2. The van der Waals surface area contributed by atoms with E-state index in [1.165, 1.54) is 0 Å². The minimum absolute atomic E-state index is 0. The number of carbonyl (C=O) groups excluding carboxylic acids is 1. The number of amides is 1. The highest BCUT2D eigenvalue weighted by Gasteiger charge is 2.61. The summed E-state index contributed by atoms with van der Waals surface area (Å²) in [5.74, 6) is 0.179. The Morgan fingerprint density at radius 3 is 1.39 bits per heavy atom. The Morgan fingerprint density at radius 2 is 0.978 bits per heavy atom. The zero-order valence-electron chi connectivity index (χ0n) is 48.7. The van der Waals surface area contributed by atoms with Crippen molar-refractivity contribution in [2.45, 2.75) is 89.6 Å². The van der Waals surface area contributed by atoms with Crippen molar-refractivity contribution in [3.05, 3.63) is 182 Å². The summed E-state index contributed by atoms with van der Waals surface area (Å²) in [6.45, 7) is 7.93. The van der Waals surface area contributed by atoms with Gasteiger partial charge in [-0.05, 0) is 67.3 Å². The van der Waals surface area contributed by atoms with Crippen LogP contribution in [0.15, 0.2) is 171 Å². The van der Waals surface area contributed by atoms with Gasteiger partial charge in [0.1, 0.15) is 17.0 Å². The van der Waals surface area contributed by atoms with Crippen LogP contribution in [0.1, 0.15) is 72.4 Å². The van der Waals surface area contributed by atoms with E-state index in [9.17, 15) is 4.79 Å². The lowest BCUT2D eigenvalue weighted by Crippen LogP contribution is -2.64. The predicted molar refractivity (Wildman–Crippen MR) is 341 cm³/mol. The minimum Gasteiger partial charge on any atom is -0.444 e. The number of aromatic nitrogens is 12. The van der Waals surface area contributed by atoms with Gasteiger partial charge < -0.3 is 43.9 Å². The molecular weight excluding hydrogens is 1120 g/mol. The van der Waals surface area contributed by atoms with Crippen LogP contribution >= 0.6 is 0 Å². The van der Waals surface area contributed by atoms with Crippen molar-refractivity contribution in [2.24, 2.45) is 19.8 Å². The summed E-state index contributed by atoms with van der Waals surface area (Å²) in [5.41, 5.74) is 19.5. The van der Waals surface area contributed by atoms with Crippen LogP contribution in [0.25, 0.3) is 101 Å². The molecule has 20 nitrogen and oxygen atoms in total. The predicted octanol–water partition coefficient (Wildman–Crippen LogP) is 12.2. The molecule has 8 aromatic heterocycles. The molecule has 0 radical (unpaired) electrons. The fraction of sp³-hybridized carbons (Fsp3) is 0.290. The van der Waals surface area contributed by atoms with Crippen molar-refractivity contribution < 1.29 is 28.5 Å². The third-order valence-corrected chi connectivity index (χ3v) is 16.9. The molecule has 1 amide bonds. The Labute approximate surface area is 514 Å². The second-order valence-corrected chi connectivity index (χ2v) is 24.2. The fourth-order valence-electron chi connectivity index (χ4n) is 12.9. The second-order valence-electron chi connectivity index (χ2n) is 24.2. The van der Waals surface area contributed by atoms with Crippen molar-refractivity contribution in [2.75, 3.05) is 26.4 Å². The summed E-state index contributed by atoms with van der Waals surface area (Å²) in [6, 6.07) is 45.5. The maximum Gasteiger partial charge on any atom is 0.408 e. The first kappa shape index (κ1) is 58.4. The quantitative estimate of drug-likeness (QED) is 0.137. The van der Waals surface area contributed by atoms with E-state index < -0.39 is 34.3 Å². The Hall–Kier alpha value is -9.57. The molecule has 0 atom stereocenters. The molecule has 12 aromatic rings. The molecule has 89 heavy (non-hydrogen) atoms. The van der Waals surface area contributed by atoms with Crippen LogP contribution < -0.4 is 11.1 Å². The first-order valence-electron chi connectivity index (χ1n) is 29.1. The van der Waals surface area contributed by atoms with E-state index in [0.29, 0.717) is 69.4 Å². The number of hydrogen-bond donors (Lipinski definition) is 2. The monoisotopic (exact) mass is 1190 g/mol. The van der Waals surface area contributed by atoms with Gasteiger partial charge in [-0.1, -0.05) is 124 Å². The summed E-state index contributed by atoms with van der Waals surface area (Å²) < 4.78 is 36.9. The lowest BCUT2D eigenvalue weighted by Gasteiger charge is -2.53. The van der Waals surface area contributed by atoms with Gasteiger partial charge in [0.2, 0.25) is 0 Å². The smallest absolute Gasteiger partial charge is 0.408 e. The SMILES string of the molecule is C.C.Cn1cnc(-c2nnc3c4cc(-c5ccccc5)c(-c5ccc(C6(N)CC7(C6)OCCO7)cc5)nc4ccn23)c1.Cn1cnc(-c2nnc3c4cc(-c5ccccc5)c(-c5ccc(C6(NC(=O)OC(C)(C)C)CC7(C6)OCCO7)cc5)nc4ccn23)c1. The summed E-state index contributed by atoms with van der Waals surface area (Å²) in [6.07, 6.45) is 13.1. The molecule has 10 heterocycles. The van der Waals surface area contributed by atoms with Crippen LogP contribution in [0.3, 0.4) is 0 Å². The molecule has 4 fully saturated rings. The molecule has 0 unspecified atom stereocenters. The van der Waals surface area contributed by atoms with Gasteiger partial charge >= 0.3 is 6.09 Å². The number of fused-ring (bicyclic) bond motifs is 6. The third kappa shape index (κ3) is 10.5. The molecule has 4 aliphatic rings. The van der Waals surface area contributed by atoms with E-state index in [1.54, 1.807) is 12.7 Å². The van der Waals surface area contributed by atoms with Crippen molar-refractivity contribution in [1.82, 2.24) is 63.6 Å². The van der Waals surface area contributed by atoms with Crippen LogP contribution in [0.5, 0.6) is 0 Å². The first-order chi connectivity index (χ1) is 42.1. The van der Waals surface area contributed by atoms with Gasteiger partial charge in [-0.2, -0.15) is 0 Å². The molecule has 16 rings (SSSR count). The molecular formula is C69H70N14O6. The highest BCUT2D eigenvalue weighted by Crippen LogP contribution is 2.54. The number of rotatable bonds is 9. The zero-order chi connectivity index (χ0) is 59.3. The number of benzene rings is 4. The average molecular weight is 1190 g/mol. The fourth-order valence-corrected chi connectivity index (χ4v) is 12.9. The van der Waals surface area contributed by atoms with E-state index in [1.807, 2.05) is 126 Å². The second kappa shape index (κ2) is 22.2. The molecule has 2 aliphatic heterocycles. The number of nitrogens with zero attached hydrogens (tertiary/aromatic N) is 12. The van der Waals surface area contributed by atoms with Gasteiger partial charge in [0.05, 0.1) is 72.6 Å². The Kier molecular flexibility index (Phi) is 14.6. The highest BCUT2D eigenvalue weighted by atomic mass is 16.7. The average Bonchev–Trinajstić information content (AvgIpc) is 1.48. The highest BCUT2D eigenvalue weighted by molar-refractivity contribution is 6.00. The van der Waals surface area contributed by atoms with Gasteiger partial charge in [-0.15, -0.1) is 20.4 Å². The summed E-state index contributed by atoms with van der Waals surface area (Å²) in [4.78, 5) is 32.3. The van der Waals surface area contributed by atoms with Crippen LogP contribution in [0, 0.1) is 0 Å². The van der Waals surface area contributed by atoms with Crippen molar-refractivity contribution in [1.29, 1.82) is 0 Å². The largest absolute Gasteiger partial charge is 0.444 e. The maximum atomic E-state index is 13.0. The minimum atomic E-state index is -0.686. The van der Waals surface area contributed by atoms with E-state index in [0.717, 1.165) is 94.7 Å². The van der Waals surface area contributed by atoms with Crippen molar-refractivity contribution in [3.63, 3.8) is 0 Å². The number of alkyl carbamates (subject to hydrolysis) is 1. The summed E-state index contributed by atoms with van der Waals surface area (Å²) >= 11 is 0. The van der Waals surface area contributed by atoms with Gasteiger partial charge in [0.25, 0.3) is 0 Å². The van der Waals surface area contributed by atoms with E-state index >= 15 is 0 Å². The number of hydrogen-bond acceptors (Lipinski definition) is 15. The first-order valence-corrected chi connectivity index (χ1v) is 29.1. The summed E-state index contributed by atoms with van der Waals surface area (Å²) in [5, 5.41) is 23.0. The topological polar surface area (TPSA) is 223 Å². The molecule has 2 spiro atoms. The van der Waals surface area contributed by atoms with E-state index in [2.05, 4.69) is 121 Å². The Bertz CT molecular complexity index is 4580. The molecule has 2 saturated carbocycles. The number of ether oxygens (including phenoxy) is 5. The maximum absolute atomic E-state index is 13.0. The molecule has 3 N–H and O–H groups in total. The molecule has 0 bridgehead atoms. The van der Waals surface area contributed by atoms with Crippen LogP contribution in [-0.4, -0.2) is 108 Å². The standard InChI is InChI=1S/C36H35N7O4.C31H27N7O2.2CH4/c1-34(2,3)47-33(44)39-35(20-36(21-35)45-16-17-46-36)25-12-10-24(11-13-25)30-26(23-8-6-5-7-9-23)18-27-28(38-30)14-15-43-31(27)40-41-32(43)29-19-42(4)22-37-29;1-37-16-26(33-19-37)29-36-35-28-24-15-23(20-5-3-2-4-6-20)27(34-25(24)11-12-38(28)29)21-7-9-22(10-8-21)30(32)17-31(18-30)39-13-14-40-31;;/h5-15,18-19,22H,16-17,20-21H2,1-4H3,(H,39,44);2-12,15-16,19H,13-14,17-18,32H2,1H3;2*1H4. The lowest BCUT2D eigenvalue weighted by molar-refractivity contribution is -0.245. The zero-order valence-corrected chi connectivity index (χ0v) is 48.7. The van der Waals surface area contributed by atoms with Crippen LogP contribution in [-0.2, 0) is 48.9 Å². The van der Waals surface area contributed by atoms with Crippen molar-refractivity contribution >= 4 is 39.2 Å². The van der Waals surface area contributed by atoms with Crippen LogP contribution in [0.2, 0.25) is 0 Å². The normalized spacial score (nSPS) is 17.9. The Balaban J connectivity index is 0.000000162. The molecule has 4 aromatic carbocycles. The summed E-state index contributed by atoms with van der Waals surface area (Å²) in [7, 11) is 3.87. The molecule has 20 heteroatoms. The van der Waals surface area contributed by atoms with E-state index in [4.69, 9.17) is 39.4 Å². The van der Waals surface area contributed by atoms with Gasteiger partial charge in [-0.25, -0.2) is 24.7 Å². The number of nitrogens with one attached hydrogen (secondary N) is 1. The molecule has 452 valence electrons. The van der Waals surface area contributed by atoms with Gasteiger partial charge in [-0.3, -0.25) is 8.80 Å². The number of nitrogens with two attached hydrogens (primary N) is 1. The molecule has 2 aliphatic carbocycles.